The first-order valence-electron chi connectivity index (χ1n) is 4.81. The SMILES string of the molecule is COC(=O)Cc1ccc2ncccc2c1F. The maximum atomic E-state index is 13.9. The van der Waals surface area contributed by atoms with Crippen molar-refractivity contribution in [3.05, 3.63) is 41.8 Å². The molecule has 3 nitrogen and oxygen atoms in total. The van der Waals surface area contributed by atoms with Crippen LogP contribution in [0.3, 0.4) is 0 Å². The van der Waals surface area contributed by atoms with Crippen molar-refractivity contribution >= 4 is 16.9 Å². The monoisotopic (exact) mass is 219 g/mol. The molecule has 0 aliphatic carbocycles. The second-order valence-electron chi connectivity index (χ2n) is 3.36. The van der Waals surface area contributed by atoms with E-state index in [4.69, 9.17) is 0 Å². The van der Waals surface area contributed by atoms with E-state index in [0.29, 0.717) is 16.5 Å². The average Bonchev–Trinajstić information content (AvgIpc) is 2.33. The van der Waals surface area contributed by atoms with Crippen LogP contribution in [0.15, 0.2) is 30.5 Å². The number of fused-ring (bicyclic) bond motifs is 1. The van der Waals surface area contributed by atoms with Crippen molar-refractivity contribution in [2.45, 2.75) is 6.42 Å². The van der Waals surface area contributed by atoms with Crippen LogP contribution in [0.5, 0.6) is 0 Å². The summed E-state index contributed by atoms with van der Waals surface area (Å²) in [4.78, 5) is 15.1. The summed E-state index contributed by atoms with van der Waals surface area (Å²) in [6, 6.07) is 6.55. The van der Waals surface area contributed by atoms with Crippen LogP contribution < -0.4 is 0 Å². The zero-order valence-electron chi connectivity index (χ0n) is 8.74. The summed E-state index contributed by atoms with van der Waals surface area (Å²) in [6.07, 6.45) is 1.54. The normalized spacial score (nSPS) is 10.4. The van der Waals surface area contributed by atoms with Gasteiger partial charge in [-0.05, 0) is 23.8 Å². The van der Waals surface area contributed by atoms with Gasteiger partial charge in [0.15, 0.2) is 0 Å². The summed E-state index contributed by atoms with van der Waals surface area (Å²) < 4.78 is 18.4. The molecule has 1 aromatic carbocycles. The fraction of sp³-hybridized carbons (Fsp3) is 0.167. The van der Waals surface area contributed by atoms with Gasteiger partial charge in [-0.15, -0.1) is 0 Å². The van der Waals surface area contributed by atoms with E-state index in [1.54, 1.807) is 30.5 Å². The number of hydrogen-bond donors (Lipinski definition) is 0. The third-order valence-corrected chi connectivity index (χ3v) is 2.36. The maximum absolute atomic E-state index is 13.9. The molecule has 0 unspecified atom stereocenters. The number of carbonyl (C=O) groups excluding carboxylic acids is 1. The van der Waals surface area contributed by atoms with Crippen LogP contribution in [-0.4, -0.2) is 18.1 Å². The molecule has 2 aromatic rings. The molecule has 0 radical (unpaired) electrons. The van der Waals surface area contributed by atoms with Crippen LogP contribution in [0.25, 0.3) is 10.9 Å². The highest BCUT2D eigenvalue weighted by Gasteiger charge is 2.11. The Labute approximate surface area is 91.9 Å². The second kappa shape index (κ2) is 4.26. The second-order valence-corrected chi connectivity index (χ2v) is 3.36. The molecule has 1 heterocycles. The molecule has 0 saturated heterocycles. The number of esters is 1. The van der Waals surface area contributed by atoms with E-state index in [2.05, 4.69) is 9.72 Å². The molecule has 0 saturated carbocycles. The molecule has 0 aliphatic rings. The molecule has 4 heteroatoms. The van der Waals surface area contributed by atoms with Crippen LogP contribution in [0.1, 0.15) is 5.56 Å². The van der Waals surface area contributed by atoms with Crippen molar-refractivity contribution < 1.29 is 13.9 Å². The molecule has 0 aliphatic heterocycles. The molecule has 2 rings (SSSR count). The number of benzene rings is 1. The molecule has 1 aromatic heterocycles. The number of halogens is 1. The van der Waals surface area contributed by atoms with Crippen LogP contribution >= 0.6 is 0 Å². The number of methoxy groups -OCH3 is 1. The summed E-state index contributed by atoms with van der Waals surface area (Å²) in [5.74, 6) is -0.863. The predicted octanol–water partition coefficient (Wildman–Crippen LogP) is 2.09. The number of nitrogens with zero attached hydrogens (tertiary/aromatic N) is 1. The van der Waals surface area contributed by atoms with Crippen molar-refractivity contribution in [1.29, 1.82) is 0 Å². The lowest BCUT2D eigenvalue weighted by Crippen LogP contribution is -2.06. The van der Waals surface area contributed by atoms with E-state index in [1.165, 1.54) is 7.11 Å². The number of hydrogen-bond acceptors (Lipinski definition) is 3. The predicted molar refractivity (Wildman–Crippen MR) is 57.4 cm³/mol. The molecular formula is C12H10FNO2. The minimum Gasteiger partial charge on any atom is -0.469 e. The van der Waals surface area contributed by atoms with Gasteiger partial charge in [0.1, 0.15) is 5.82 Å². The summed E-state index contributed by atoms with van der Waals surface area (Å²) in [5.41, 5.74) is 0.904. The Morgan fingerprint density at radius 3 is 3.00 bits per heavy atom. The fourth-order valence-corrected chi connectivity index (χ4v) is 1.53. The van der Waals surface area contributed by atoms with Crippen LogP contribution in [0, 0.1) is 5.82 Å². The molecule has 0 fully saturated rings. The van der Waals surface area contributed by atoms with E-state index in [9.17, 15) is 9.18 Å². The number of carbonyl (C=O) groups is 1. The Bertz CT molecular complexity index is 540. The van der Waals surface area contributed by atoms with Crippen LogP contribution in [0.2, 0.25) is 0 Å². The largest absolute Gasteiger partial charge is 0.469 e. The zero-order valence-corrected chi connectivity index (χ0v) is 8.74. The quantitative estimate of drug-likeness (QED) is 0.726. The van der Waals surface area contributed by atoms with Gasteiger partial charge >= 0.3 is 5.97 Å². The van der Waals surface area contributed by atoms with Gasteiger partial charge in [-0.3, -0.25) is 9.78 Å². The van der Waals surface area contributed by atoms with Gasteiger partial charge in [0.25, 0.3) is 0 Å². The number of pyridine rings is 1. The molecule has 0 bridgehead atoms. The third-order valence-electron chi connectivity index (χ3n) is 2.36. The van der Waals surface area contributed by atoms with E-state index in [0.717, 1.165) is 0 Å². The topological polar surface area (TPSA) is 39.2 Å². The van der Waals surface area contributed by atoms with E-state index < -0.39 is 11.8 Å². The average molecular weight is 219 g/mol. The molecule has 82 valence electrons. The molecule has 0 spiro atoms. The maximum Gasteiger partial charge on any atom is 0.310 e. The van der Waals surface area contributed by atoms with Gasteiger partial charge in [-0.25, -0.2) is 4.39 Å². The van der Waals surface area contributed by atoms with Gasteiger partial charge in [-0.2, -0.15) is 0 Å². The standard InChI is InChI=1S/C12H10FNO2/c1-16-11(15)7-8-4-5-10-9(12(8)13)3-2-6-14-10/h2-6H,7H2,1H3. The smallest absolute Gasteiger partial charge is 0.310 e. The highest BCUT2D eigenvalue weighted by Crippen LogP contribution is 2.19. The highest BCUT2D eigenvalue weighted by atomic mass is 19.1. The lowest BCUT2D eigenvalue weighted by molar-refractivity contribution is -0.139. The van der Waals surface area contributed by atoms with Gasteiger partial charge in [0, 0.05) is 11.6 Å². The third kappa shape index (κ3) is 1.86. The van der Waals surface area contributed by atoms with E-state index in [1.807, 2.05) is 0 Å². The van der Waals surface area contributed by atoms with Crippen molar-refractivity contribution in [2.24, 2.45) is 0 Å². The zero-order chi connectivity index (χ0) is 11.5. The first-order valence-corrected chi connectivity index (χ1v) is 4.81. The minimum absolute atomic E-state index is 0.0623. The first kappa shape index (κ1) is 10.5. The fourth-order valence-electron chi connectivity index (χ4n) is 1.53. The van der Waals surface area contributed by atoms with Crippen LogP contribution in [-0.2, 0) is 16.0 Å². The summed E-state index contributed by atoms with van der Waals surface area (Å²) >= 11 is 0. The number of aromatic nitrogens is 1. The van der Waals surface area contributed by atoms with Crippen molar-refractivity contribution in [3.63, 3.8) is 0 Å². The molecule has 0 N–H and O–H groups in total. The minimum atomic E-state index is -0.456. The van der Waals surface area contributed by atoms with Gasteiger partial charge in [-0.1, -0.05) is 6.07 Å². The van der Waals surface area contributed by atoms with Gasteiger partial charge in [0.2, 0.25) is 0 Å². The Morgan fingerprint density at radius 1 is 1.44 bits per heavy atom. The molecular weight excluding hydrogens is 209 g/mol. The van der Waals surface area contributed by atoms with Crippen molar-refractivity contribution in [2.75, 3.05) is 7.11 Å². The Morgan fingerprint density at radius 2 is 2.25 bits per heavy atom. The van der Waals surface area contributed by atoms with E-state index >= 15 is 0 Å². The lowest BCUT2D eigenvalue weighted by Gasteiger charge is -2.04. The highest BCUT2D eigenvalue weighted by molar-refractivity contribution is 5.82. The van der Waals surface area contributed by atoms with Gasteiger partial charge < -0.3 is 4.74 Å². The van der Waals surface area contributed by atoms with Crippen molar-refractivity contribution in [1.82, 2.24) is 4.98 Å². The van der Waals surface area contributed by atoms with Gasteiger partial charge in [0.05, 0.1) is 19.0 Å². The number of ether oxygens (including phenoxy) is 1. The van der Waals surface area contributed by atoms with Crippen molar-refractivity contribution in [3.8, 4) is 0 Å². The Hall–Kier alpha value is -1.97. The summed E-state index contributed by atoms with van der Waals surface area (Å²) in [5, 5.41) is 0.420. The Balaban J connectivity index is 2.48. The summed E-state index contributed by atoms with van der Waals surface area (Å²) in [7, 11) is 1.28. The molecule has 0 amide bonds. The van der Waals surface area contributed by atoms with E-state index in [-0.39, 0.29) is 6.42 Å². The van der Waals surface area contributed by atoms with Crippen LogP contribution in [0.4, 0.5) is 4.39 Å². The molecule has 16 heavy (non-hydrogen) atoms. The lowest BCUT2D eigenvalue weighted by atomic mass is 10.1. The molecule has 0 atom stereocenters. The first-order chi connectivity index (χ1) is 7.72. The summed E-state index contributed by atoms with van der Waals surface area (Å²) in [6.45, 7) is 0. The Kier molecular flexibility index (Phi) is 2.81. The number of rotatable bonds is 2.